The third-order valence-corrected chi connectivity index (χ3v) is 2.74. The van der Waals surface area contributed by atoms with E-state index < -0.39 is 4.92 Å². The van der Waals surface area contributed by atoms with Gasteiger partial charge in [0.25, 0.3) is 5.69 Å². The van der Waals surface area contributed by atoms with Crippen molar-refractivity contribution in [1.29, 1.82) is 5.26 Å². The van der Waals surface area contributed by atoms with Crippen LogP contribution in [0.5, 0.6) is 5.75 Å². The maximum Gasteiger partial charge on any atom is 0.270 e. The number of hydrogen-bond acceptors (Lipinski definition) is 4. The Morgan fingerprint density at radius 1 is 1.21 bits per heavy atom. The molecular weight excluding hydrogens is 244 g/mol. The molecule has 0 N–H and O–H groups in total. The summed E-state index contributed by atoms with van der Waals surface area (Å²) in [4.78, 5) is 10.2. The molecule has 0 unspecified atom stereocenters. The fourth-order valence-corrected chi connectivity index (χ4v) is 1.76. The molecule has 94 valence electrons. The van der Waals surface area contributed by atoms with E-state index in [0.717, 1.165) is 5.56 Å². The first-order valence-corrected chi connectivity index (χ1v) is 5.48. The highest BCUT2D eigenvalue weighted by Crippen LogP contribution is 2.28. The summed E-state index contributed by atoms with van der Waals surface area (Å²) >= 11 is 0. The van der Waals surface area contributed by atoms with Gasteiger partial charge in [0.1, 0.15) is 11.8 Å². The smallest absolute Gasteiger partial charge is 0.270 e. The topological polar surface area (TPSA) is 76.2 Å². The molecule has 0 atom stereocenters. The predicted octanol–water partition coefficient (Wildman–Crippen LogP) is 3.14. The molecule has 2 aromatic carbocycles. The lowest BCUT2D eigenvalue weighted by molar-refractivity contribution is -0.384. The van der Waals surface area contributed by atoms with Gasteiger partial charge in [-0.3, -0.25) is 10.1 Å². The molecule has 0 heterocycles. The zero-order valence-corrected chi connectivity index (χ0v) is 10.2. The molecule has 0 aliphatic carbocycles. The third kappa shape index (κ3) is 2.53. The molecule has 0 bridgehead atoms. The number of nitro benzene ring substituents is 1. The highest BCUT2D eigenvalue weighted by atomic mass is 16.6. The summed E-state index contributed by atoms with van der Waals surface area (Å²) in [6, 6.07) is 13.4. The summed E-state index contributed by atoms with van der Waals surface area (Å²) in [6.45, 7) is 0. The Morgan fingerprint density at radius 2 is 1.89 bits per heavy atom. The van der Waals surface area contributed by atoms with Gasteiger partial charge in [-0.1, -0.05) is 12.1 Å². The Hall–Kier alpha value is -2.87. The van der Waals surface area contributed by atoms with E-state index in [1.165, 1.54) is 12.1 Å². The van der Waals surface area contributed by atoms with Crippen molar-refractivity contribution in [2.24, 2.45) is 0 Å². The van der Waals surface area contributed by atoms with Gasteiger partial charge >= 0.3 is 0 Å². The van der Waals surface area contributed by atoms with Crippen molar-refractivity contribution in [2.45, 2.75) is 0 Å². The second-order valence-corrected chi connectivity index (χ2v) is 3.83. The lowest BCUT2D eigenvalue weighted by atomic mass is 10.00. The molecule has 0 fully saturated rings. The fraction of sp³-hybridized carbons (Fsp3) is 0.0714. The third-order valence-electron chi connectivity index (χ3n) is 2.74. The van der Waals surface area contributed by atoms with Gasteiger partial charge in [-0.05, 0) is 29.3 Å². The normalized spacial score (nSPS) is 9.68. The average Bonchev–Trinajstić information content (AvgIpc) is 2.46. The Morgan fingerprint density at radius 3 is 2.42 bits per heavy atom. The largest absolute Gasteiger partial charge is 0.497 e. The Kier molecular flexibility index (Phi) is 3.44. The van der Waals surface area contributed by atoms with E-state index in [2.05, 4.69) is 0 Å². The highest BCUT2D eigenvalue weighted by molar-refractivity contribution is 5.72. The number of benzene rings is 2. The summed E-state index contributed by atoms with van der Waals surface area (Å²) < 4.78 is 5.06. The molecule has 0 aliphatic rings. The standard InChI is InChI=1S/C14H10N2O3/c1-19-13-5-2-10(3-6-13)14-7-4-12(16(17)18)8-11(14)9-15/h2-8H,1H3. The van der Waals surface area contributed by atoms with Crippen molar-refractivity contribution >= 4 is 5.69 Å². The van der Waals surface area contributed by atoms with Crippen molar-refractivity contribution < 1.29 is 9.66 Å². The minimum atomic E-state index is -0.515. The Labute approximate surface area is 109 Å². The van der Waals surface area contributed by atoms with Gasteiger partial charge in [-0.15, -0.1) is 0 Å². The van der Waals surface area contributed by atoms with E-state index in [1.54, 1.807) is 37.4 Å². The Balaban J connectivity index is 2.49. The van der Waals surface area contributed by atoms with Crippen LogP contribution in [0.25, 0.3) is 11.1 Å². The average molecular weight is 254 g/mol. The van der Waals surface area contributed by atoms with Crippen molar-refractivity contribution in [3.63, 3.8) is 0 Å². The molecule has 5 heteroatoms. The number of methoxy groups -OCH3 is 1. The van der Waals surface area contributed by atoms with Gasteiger partial charge < -0.3 is 4.74 Å². The highest BCUT2D eigenvalue weighted by Gasteiger charge is 2.11. The number of nitro groups is 1. The molecule has 0 saturated heterocycles. The molecular formula is C14H10N2O3. The molecule has 0 aromatic heterocycles. The number of nitrogens with zero attached hydrogens (tertiary/aromatic N) is 2. The molecule has 0 amide bonds. The SMILES string of the molecule is COc1ccc(-c2ccc([N+](=O)[O-])cc2C#N)cc1. The van der Waals surface area contributed by atoms with E-state index in [0.29, 0.717) is 11.3 Å². The molecule has 2 rings (SSSR count). The van der Waals surface area contributed by atoms with Crippen LogP contribution in [0.4, 0.5) is 5.69 Å². The summed E-state index contributed by atoms with van der Waals surface area (Å²) in [7, 11) is 1.57. The number of hydrogen-bond donors (Lipinski definition) is 0. The van der Waals surface area contributed by atoms with Crippen molar-refractivity contribution in [3.05, 3.63) is 58.1 Å². The van der Waals surface area contributed by atoms with Gasteiger partial charge in [0, 0.05) is 12.1 Å². The maximum atomic E-state index is 10.7. The quantitative estimate of drug-likeness (QED) is 0.622. The van der Waals surface area contributed by atoms with E-state index in [-0.39, 0.29) is 11.3 Å². The van der Waals surface area contributed by atoms with E-state index in [1.807, 2.05) is 6.07 Å². The lowest BCUT2D eigenvalue weighted by Crippen LogP contribution is -1.91. The summed E-state index contributed by atoms with van der Waals surface area (Å²) in [5, 5.41) is 19.8. The van der Waals surface area contributed by atoms with Crippen LogP contribution >= 0.6 is 0 Å². The molecule has 5 nitrogen and oxygen atoms in total. The zero-order valence-electron chi connectivity index (χ0n) is 10.2. The summed E-state index contributed by atoms with van der Waals surface area (Å²) in [5.74, 6) is 0.712. The molecule has 0 aliphatic heterocycles. The summed E-state index contributed by atoms with van der Waals surface area (Å²) in [5.41, 5.74) is 1.66. The van der Waals surface area contributed by atoms with Gasteiger partial charge in [0.15, 0.2) is 0 Å². The second-order valence-electron chi connectivity index (χ2n) is 3.83. The van der Waals surface area contributed by atoms with Gasteiger partial charge in [0.2, 0.25) is 0 Å². The molecule has 0 radical (unpaired) electrons. The molecule has 19 heavy (non-hydrogen) atoms. The van der Waals surface area contributed by atoms with Crippen LogP contribution in [-0.4, -0.2) is 12.0 Å². The van der Waals surface area contributed by atoms with Gasteiger partial charge in [-0.2, -0.15) is 5.26 Å². The van der Waals surface area contributed by atoms with Crippen LogP contribution < -0.4 is 4.74 Å². The lowest BCUT2D eigenvalue weighted by Gasteiger charge is -2.05. The van der Waals surface area contributed by atoms with Crippen LogP contribution in [0.3, 0.4) is 0 Å². The second kappa shape index (κ2) is 5.19. The van der Waals surface area contributed by atoms with Gasteiger partial charge in [0.05, 0.1) is 17.6 Å². The number of ether oxygens (including phenoxy) is 1. The molecule has 2 aromatic rings. The minimum Gasteiger partial charge on any atom is -0.497 e. The van der Waals surface area contributed by atoms with Crippen LogP contribution in [0.1, 0.15) is 5.56 Å². The zero-order chi connectivity index (χ0) is 13.8. The first-order valence-electron chi connectivity index (χ1n) is 5.48. The van der Waals surface area contributed by atoms with Gasteiger partial charge in [-0.25, -0.2) is 0 Å². The number of non-ortho nitro benzene ring substituents is 1. The van der Waals surface area contributed by atoms with E-state index in [9.17, 15) is 10.1 Å². The van der Waals surface area contributed by atoms with E-state index >= 15 is 0 Å². The summed E-state index contributed by atoms with van der Waals surface area (Å²) in [6.07, 6.45) is 0. The number of nitriles is 1. The van der Waals surface area contributed by atoms with Crippen molar-refractivity contribution in [2.75, 3.05) is 7.11 Å². The first-order chi connectivity index (χ1) is 9.15. The van der Waals surface area contributed by atoms with Crippen LogP contribution in [-0.2, 0) is 0 Å². The first kappa shape index (κ1) is 12.6. The predicted molar refractivity (Wildman–Crippen MR) is 69.8 cm³/mol. The molecule has 0 spiro atoms. The Bertz CT molecular complexity index is 657. The number of rotatable bonds is 3. The van der Waals surface area contributed by atoms with Crippen molar-refractivity contribution in [1.82, 2.24) is 0 Å². The van der Waals surface area contributed by atoms with Crippen LogP contribution in [0.15, 0.2) is 42.5 Å². The monoisotopic (exact) mass is 254 g/mol. The van der Waals surface area contributed by atoms with Crippen LogP contribution in [0.2, 0.25) is 0 Å². The maximum absolute atomic E-state index is 10.7. The molecule has 0 saturated carbocycles. The van der Waals surface area contributed by atoms with E-state index in [4.69, 9.17) is 10.00 Å². The minimum absolute atomic E-state index is 0.0891. The van der Waals surface area contributed by atoms with Crippen molar-refractivity contribution in [3.8, 4) is 22.9 Å². The fourth-order valence-electron chi connectivity index (χ4n) is 1.76. The van der Waals surface area contributed by atoms with Crippen LogP contribution in [0, 0.1) is 21.4 Å².